The Morgan fingerprint density at radius 1 is 0.882 bits per heavy atom. The average molecular weight is 240 g/mol. The largest absolute Gasteiger partial charge is 0.490 e. The summed E-state index contributed by atoms with van der Waals surface area (Å²) in [6.07, 6.45) is 0. The molecule has 0 fully saturated rings. The Hall–Kier alpha value is -1.42. The lowest BCUT2D eigenvalue weighted by Gasteiger charge is -2.16. The molecule has 0 bridgehead atoms. The summed E-state index contributed by atoms with van der Waals surface area (Å²) in [5.41, 5.74) is 0.750. The zero-order valence-electron chi connectivity index (χ0n) is 10.7. The van der Waals surface area contributed by atoms with Gasteiger partial charge < -0.3 is 19.3 Å². The molecule has 0 saturated heterocycles. The molecule has 0 amide bonds. The van der Waals surface area contributed by atoms with Crippen molar-refractivity contribution < 1.29 is 19.3 Å². The zero-order chi connectivity index (χ0) is 12.7. The van der Waals surface area contributed by atoms with Crippen LogP contribution in [0.25, 0.3) is 0 Å². The lowest BCUT2D eigenvalue weighted by molar-refractivity contribution is 0.254. The Balaban J connectivity index is 3.16. The lowest BCUT2D eigenvalue weighted by Crippen LogP contribution is -2.03. The fourth-order valence-electron chi connectivity index (χ4n) is 1.53. The van der Waals surface area contributed by atoms with Gasteiger partial charge in [0.25, 0.3) is 0 Å². The molecule has 1 rings (SSSR count). The smallest absolute Gasteiger partial charge is 0.203 e. The van der Waals surface area contributed by atoms with E-state index in [2.05, 4.69) is 0 Å². The highest BCUT2D eigenvalue weighted by molar-refractivity contribution is 5.53. The molecule has 17 heavy (non-hydrogen) atoms. The Morgan fingerprint density at radius 3 is 1.71 bits per heavy atom. The second kappa shape index (κ2) is 7.01. The third kappa shape index (κ3) is 3.53. The third-order valence-corrected chi connectivity index (χ3v) is 2.15. The fourth-order valence-corrected chi connectivity index (χ4v) is 1.53. The van der Waals surface area contributed by atoms with Gasteiger partial charge in [-0.25, -0.2) is 0 Å². The molecule has 1 aromatic rings. The van der Waals surface area contributed by atoms with Gasteiger partial charge in [-0.3, -0.25) is 0 Å². The van der Waals surface area contributed by atoms with Crippen molar-refractivity contribution in [3.05, 3.63) is 17.7 Å². The van der Waals surface area contributed by atoms with E-state index in [1.54, 1.807) is 12.1 Å². The van der Waals surface area contributed by atoms with E-state index in [1.807, 2.05) is 20.8 Å². The minimum Gasteiger partial charge on any atom is -0.490 e. The van der Waals surface area contributed by atoms with E-state index in [9.17, 15) is 5.11 Å². The quantitative estimate of drug-likeness (QED) is 0.795. The summed E-state index contributed by atoms with van der Waals surface area (Å²) >= 11 is 0. The molecule has 0 aliphatic rings. The maximum Gasteiger partial charge on any atom is 0.203 e. The molecule has 0 aromatic heterocycles. The van der Waals surface area contributed by atoms with Gasteiger partial charge in [0.15, 0.2) is 11.5 Å². The summed E-state index contributed by atoms with van der Waals surface area (Å²) < 4.78 is 16.5. The van der Waals surface area contributed by atoms with E-state index < -0.39 is 0 Å². The van der Waals surface area contributed by atoms with Gasteiger partial charge >= 0.3 is 0 Å². The first-order valence-corrected chi connectivity index (χ1v) is 5.92. The molecule has 0 aliphatic heterocycles. The SMILES string of the molecule is CCOc1cc(CO)cc(OCC)c1OCC. The number of rotatable bonds is 7. The summed E-state index contributed by atoms with van der Waals surface area (Å²) in [4.78, 5) is 0. The Kier molecular flexibility index (Phi) is 5.63. The van der Waals surface area contributed by atoms with Crippen molar-refractivity contribution in [1.82, 2.24) is 0 Å². The normalized spacial score (nSPS) is 10.1. The Morgan fingerprint density at radius 2 is 1.35 bits per heavy atom. The molecule has 0 atom stereocenters. The van der Waals surface area contributed by atoms with E-state index in [0.717, 1.165) is 5.56 Å². The van der Waals surface area contributed by atoms with Crippen LogP contribution >= 0.6 is 0 Å². The van der Waals surface area contributed by atoms with Crippen molar-refractivity contribution in [1.29, 1.82) is 0 Å². The first kappa shape index (κ1) is 13.6. The van der Waals surface area contributed by atoms with Crippen LogP contribution in [0.15, 0.2) is 12.1 Å². The van der Waals surface area contributed by atoms with E-state index in [1.165, 1.54) is 0 Å². The van der Waals surface area contributed by atoms with Crippen LogP contribution in [-0.4, -0.2) is 24.9 Å². The summed E-state index contributed by atoms with van der Waals surface area (Å²) in [6, 6.07) is 3.55. The minimum atomic E-state index is -0.0491. The number of hydrogen-bond acceptors (Lipinski definition) is 4. The monoisotopic (exact) mass is 240 g/mol. The number of ether oxygens (including phenoxy) is 3. The van der Waals surface area contributed by atoms with Crippen LogP contribution < -0.4 is 14.2 Å². The number of hydrogen-bond donors (Lipinski definition) is 1. The van der Waals surface area contributed by atoms with Crippen molar-refractivity contribution in [2.45, 2.75) is 27.4 Å². The Bertz CT molecular complexity index is 322. The van der Waals surface area contributed by atoms with Gasteiger partial charge in [0.05, 0.1) is 26.4 Å². The maximum absolute atomic E-state index is 9.19. The Labute approximate surface area is 102 Å². The molecule has 96 valence electrons. The number of benzene rings is 1. The maximum atomic E-state index is 9.19. The van der Waals surface area contributed by atoms with Gasteiger partial charge in [0.1, 0.15) is 0 Å². The second-order valence-corrected chi connectivity index (χ2v) is 3.38. The molecule has 4 heteroatoms. The lowest BCUT2D eigenvalue weighted by atomic mass is 10.2. The van der Waals surface area contributed by atoms with Crippen LogP contribution in [0.5, 0.6) is 17.2 Å². The highest BCUT2D eigenvalue weighted by Gasteiger charge is 2.14. The first-order chi connectivity index (χ1) is 8.26. The number of aliphatic hydroxyl groups excluding tert-OH is 1. The van der Waals surface area contributed by atoms with E-state index in [-0.39, 0.29) is 6.61 Å². The standard InChI is InChI=1S/C13H20O4/c1-4-15-11-7-10(9-14)8-12(16-5-2)13(11)17-6-3/h7-8,14H,4-6,9H2,1-3H3. The second-order valence-electron chi connectivity index (χ2n) is 3.38. The van der Waals surface area contributed by atoms with Crippen molar-refractivity contribution >= 4 is 0 Å². The van der Waals surface area contributed by atoms with Gasteiger partial charge in [0.2, 0.25) is 5.75 Å². The van der Waals surface area contributed by atoms with Crippen LogP contribution in [0.2, 0.25) is 0 Å². The molecular formula is C13H20O4. The topological polar surface area (TPSA) is 47.9 Å². The third-order valence-electron chi connectivity index (χ3n) is 2.15. The summed E-state index contributed by atoms with van der Waals surface area (Å²) in [7, 11) is 0. The molecule has 0 heterocycles. The fraction of sp³-hybridized carbons (Fsp3) is 0.538. The van der Waals surface area contributed by atoms with Crippen molar-refractivity contribution in [3.63, 3.8) is 0 Å². The molecule has 0 radical (unpaired) electrons. The molecule has 0 spiro atoms. The molecule has 4 nitrogen and oxygen atoms in total. The highest BCUT2D eigenvalue weighted by Crippen LogP contribution is 2.39. The molecule has 0 saturated carbocycles. The zero-order valence-corrected chi connectivity index (χ0v) is 10.7. The van der Waals surface area contributed by atoms with E-state index >= 15 is 0 Å². The predicted octanol–water partition coefficient (Wildman–Crippen LogP) is 2.38. The van der Waals surface area contributed by atoms with Crippen LogP contribution in [-0.2, 0) is 6.61 Å². The van der Waals surface area contributed by atoms with Crippen LogP contribution in [0.1, 0.15) is 26.3 Å². The molecule has 1 aromatic carbocycles. The average Bonchev–Trinajstić information content (AvgIpc) is 2.33. The summed E-state index contributed by atoms with van der Waals surface area (Å²) in [5, 5.41) is 9.19. The van der Waals surface area contributed by atoms with Crippen LogP contribution in [0, 0.1) is 0 Å². The minimum absolute atomic E-state index is 0.0491. The molecule has 0 aliphatic carbocycles. The van der Waals surface area contributed by atoms with Crippen molar-refractivity contribution in [2.75, 3.05) is 19.8 Å². The van der Waals surface area contributed by atoms with Gasteiger partial charge in [0, 0.05) is 0 Å². The van der Waals surface area contributed by atoms with Gasteiger partial charge in [-0.1, -0.05) is 0 Å². The van der Waals surface area contributed by atoms with Crippen molar-refractivity contribution in [2.24, 2.45) is 0 Å². The van der Waals surface area contributed by atoms with Gasteiger partial charge in [-0.05, 0) is 38.5 Å². The predicted molar refractivity (Wildman–Crippen MR) is 65.9 cm³/mol. The van der Waals surface area contributed by atoms with E-state index in [0.29, 0.717) is 37.1 Å². The molecule has 0 unspecified atom stereocenters. The summed E-state index contributed by atoms with van der Waals surface area (Å²) in [6.45, 7) is 7.29. The highest BCUT2D eigenvalue weighted by atomic mass is 16.5. The molecular weight excluding hydrogens is 220 g/mol. The summed E-state index contributed by atoms with van der Waals surface area (Å²) in [5.74, 6) is 1.84. The van der Waals surface area contributed by atoms with Crippen LogP contribution in [0.4, 0.5) is 0 Å². The van der Waals surface area contributed by atoms with E-state index in [4.69, 9.17) is 14.2 Å². The van der Waals surface area contributed by atoms with Gasteiger partial charge in [-0.2, -0.15) is 0 Å². The van der Waals surface area contributed by atoms with Crippen molar-refractivity contribution in [3.8, 4) is 17.2 Å². The van der Waals surface area contributed by atoms with Crippen LogP contribution in [0.3, 0.4) is 0 Å². The number of aliphatic hydroxyl groups is 1. The molecule has 1 N–H and O–H groups in total. The first-order valence-electron chi connectivity index (χ1n) is 5.92. The van der Waals surface area contributed by atoms with Gasteiger partial charge in [-0.15, -0.1) is 0 Å².